The van der Waals surface area contributed by atoms with Gasteiger partial charge in [0, 0.05) is 0 Å². The van der Waals surface area contributed by atoms with Crippen molar-refractivity contribution in [2.75, 3.05) is 0 Å². The molecule has 0 nitrogen and oxygen atoms in total. The first-order valence-electron chi connectivity index (χ1n) is 7.83. The van der Waals surface area contributed by atoms with Gasteiger partial charge in [0.1, 0.15) is 0 Å². The maximum absolute atomic E-state index is 13.4. The number of allylic oxidation sites excluding steroid dienone is 1. The zero-order valence-corrected chi connectivity index (χ0v) is 13.0. The van der Waals surface area contributed by atoms with Crippen LogP contribution < -0.4 is 0 Å². The lowest BCUT2D eigenvalue weighted by atomic mass is 9.79. The van der Waals surface area contributed by atoms with Gasteiger partial charge in [0.05, 0.1) is 6.17 Å². The Balaban J connectivity index is 4.33. The third-order valence-corrected chi connectivity index (χ3v) is 4.02. The van der Waals surface area contributed by atoms with Crippen LogP contribution in [-0.4, -0.2) is 6.17 Å². The largest absolute Gasteiger partial charge is 0.248 e. The van der Waals surface area contributed by atoms with Crippen molar-refractivity contribution >= 4 is 0 Å². The second-order valence-electron chi connectivity index (χ2n) is 5.81. The predicted molar refractivity (Wildman–Crippen MR) is 80.6 cm³/mol. The van der Waals surface area contributed by atoms with Crippen LogP contribution in [0.2, 0.25) is 0 Å². The van der Waals surface area contributed by atoms with Crippen molar-refractivity contribution in [2.24, 2.45) is 11.8 Å². The molecule has 1 heteroatoms. The van der Waals surface area contributed by atoms with Crippen molar-refractivity contribution in [3.8, 4) is 0 Å². The van der Waals surface area contributed by atoms with Gasteiger partial charge >= 0.3 is 0 Å². The molecule has 108 valence electrons. The summed E-state index contributed by atoms with van der Waals surface area (Å²) in [4.78, 5) is 0. The van der Waals surface area contributed by atoms with Crippen LogP contribution >= 0.6 is 0 Å². The molecule has 0 bridgehead atoms. The highest BCUT2D eigenvalue weighted by atomic mass is 19.1. The van der Waals surface area contributed by atoms with Gasteiger partial charge in [0.15, 0.2) is 0 Å². The third kappa shape index (κ3) is 7.89. The number of halogens is 1. The number of hydrogen-bond acceptors (Lipinski definition) is 0. The molecule has 0 saturated heterocycles. The topological polar surface area (TPSA) is 0 Å². The van der Waals surface area contributed by atoms with Crippen LogP contribution in [0.25, 0.3) is 0 Å². The minimum atomic E-state index is -0.601. The Kier molecular flexibility index (Phi) is 10.4. The normalized spacial score (nSPS) is 16.3. The molecule has 0 spiro atoms. The Bertz CT molecular complexity index is 210. The Morgan fingerprint density at radius 1 is 1.00 bits per heavy atom. The molecule has 3 atom stereocenters. The molecule has 0 fully saturated rings. The van der Waals surface area contributed by atoms with E-state index in [1.807, 2.05) is 6.92 Å². The molecule has 0 aromatic rings. The van der Waals surface area contributed by atoms with E-state index in [1.54, 1.807) is 0 Å². The van der Waals surface area contributed by atoms with Crippen LogP contribution in [-0.2, 0) is 0 Å². The SMILES string of the molecule is C=C(C)CC(CCCC)C(CC)CCC(F)CC. The first-order chi connectivity index (χ1) is 8.54. The van der Waals surface area contributed by atoms with E-state index in [-0.39, 0.29) is 0 Å². The molecule has 0 N–H and O–H groups in total. The Morgan fingerprint density at radius 2 is 1.67 bits per heavy atom. The zero-order valence-electron chi connectivity index (χ0n) is 13.0. The van der Waals surface area contributed by atoms with Crippen molar-refractivity contribution in [1.29, 1.82) is 0 Å². The van der Waals surface area contributed by atoms with Gasteiger partial charge in [-0.05, 0) is 50.9 Å². The average molecular weight is 256 g/mol. The lowest BCUT2D eigenvalue weighted by Gasteiger charge is -2.27. The molecular weight excluding hydrogens is 223 g/mol. The highest BCUT2D eigenvalue weighted by molar-refractivity contribution is 4.92. The highest BCUT2D eigenvalue weighted by Gasteiger charge is 2.20. The van der Waals surface area contributed by atoms with Gasteiger partial charge in [0.2, 0.25) is 0 Å². The maximum atomic E-state index is 13.4. The lowest BCUT2D eigenvalue weighted by molar-refractivity contribution is 0.228. The zero-order chi connectivity index (χ0) is 14.0. The molecule has 0 rings (SSSR count). The lowest BCUT2D eigenvalue weighted by Crippen LogP contribution is -2.16. The highest BCUT2D eigenvalue weighted by Crippen LogP contribution is 2.31. The maximum Gasteiger partial charge on any atom is 0.0999 e. The van der Waals surface area contributed by atoms with Crippen LogP contribution in [0.4, 0.5) is 4.39 Å². The molecule has 0 heterocycles. The predicted octanol–water partition coefficient (Wildman–Crippen LogP) is 6.31. The van der Waals surface area contributed by atoms with Gasteiger partial charge < -0.3 is 0 Å². The molecule has 0 aliphatic carbocycles. The second-order valence-corrected chi connectivity index (χ2v) is 5.81. The summed E-state index contributed by atoms with van der Waals surface area (Å²) in [7, 11) is 0. The van der Waals surface area contributed by atoms with E-state index in [1.165, 1.54) is 31.3 Å². The molecule has 0 aromatic heterocycles. The Hall–Kier alpha value is -0.330. The summed E-state index contributed by atoms with van der Waals surface area (Å²) < 4.78 is 13.4. The molecule has 0 radical (unpaired) electrons. The van der Waals surface area contributed by atoms with E-state index in [2.05, 4.69) is 27.4 Å². The Morgan fingerprint density at radius 3 is 2.11 bits per heavy atom. The van der Waals surface area contributed by atoms with Crippen LogP contribution in [0, 0.1) is 11.8 Å². The quantitative estimate of drug-likeness (QED) is 0.380. The molecule has 3 unspecified atom stereocenters. The molecule has 0 amide bonds. The van der Waals surface area contributed by atoms with Gasteiger partial charge in [0.25, 0.3) is 0 Å². The molecule has 18 heavy (non-hydrogen) atoms. The molecule has 0 aliphatic heterocycles. The fraction of sp³-hybridized carbons (Fsp3) is 0.882. The van der Waals surface area contributed by atoms with Crippen LogP contribution in [0.5, 0.6) is 0 Å². The van der Waals surface area contributed by atoms with E-state index < -0.39 is 6.17 Å². The van der Waals surface area contributed by atoms with E-state index in [0.29, 0.717) is 12.3 Å². The van der Waals surface area contributed by atoms with Crippen LogP contribution in [0.3, 0.4) is 0 Å². The number of alkyl halides is 1. The van der Waals surface area contributed by atoms with Crippen molar-refractivity contribution in [3.63, 3.8) is 0 Å². The summed E-state index contributed by atoms with van der Waals surface area (Å²) in [5, 5.41) is 0. The summed E-state index contributed by atoms with van der Waals surface area (Å²) in [5.74, 6) is 1.40. The molecular formula is C17H33F. The van der Waals surface area contributed by atoms with Crippen LogP contribution in [0.15, 0.2) is 12.2 Å². The molecule has 0 aliphatic rings. The van der Waals surface area contributed by atoms with Gasteiger partial charge in [-0.2, -0.15) is 0 Å². The third-order valence-electron chi connectivity index (χ3n) is 4.02. The molecule has 0 saturated carbocycles. The van der Waals surface area contributed by atoms with Gasteiger partial charge in [-0.1, -0.05) is 45.6 Å². The van der Waals surface area contributed by atoms with Crippen molar-refractivity contribution in [1.82, 2.24) is 0 Å². The van der Waals surface area contributed by atoms with E-state index in [4.69, 9.17) is 0 Å². The second kappa shape index (κ2) is 10.6. The van der Waals surface area contributed by atoms with Gasteiger partial charge in [-0.15, -0.1) is 6.58 Å². The smallest absolute Gasteiger partial charge is 0.0999 e. The minimum absolute atomic E-state index is 0.601. The van der Waals surface area contributed by atoms with Crippen LogP contribution in [0.1, 0.15) is 79.1 Å². The van der Waals surface area contributed by atoms with Gasteiger partial charge in [-0.25, -0.2) is 4.39 Å². The van der Waals surface area contributed by atoms with E-state index in [9.17, 15) is 4.39 Å². The summed E-state index contributed by atoms with van der Waals surface area (Å²) >= 11 is 0. The first kappa shape index (κ1) is 17.7. The minimum Gasteiger partial charge on any atom is -0.248 e. The summed E-state index contributed by atoms with van der Waals surface area (Å²) in [5.41, 5.74) is 1.28. The molecule has 0 aromatic carbocycles. The standard InChI is InChI=1S/C17H33F/c1-6-9-10-16(13-14(4)5)15(7-2)11-12-17(18)8-3/h15-17H,4,6-13H2,1-3,5H3. The van der Waals surface area contributed by atoms with Crippen molar-refractivity contribution in [2.45, 2.75) is 85.2 Å². The first-order valence-corrected chi connectivity index (χ1v) is 7.83. The Labute approximate surface area is 114 Å². The van der Waals surface area contributed by atoms with Gasteiger partial charge in [-0.3, -0.25) is 0 Å². The fourth-order valence-electron chi connectivity index (χ4n) is 2.79. The number of rotatable bonds is 11. The van der Waals surface area contributed by atoms with E-state index >= 15 is 0 Å². The summed E-state index contributed by atoms with van der Waals surface area (Å²) in [6.07, 6.45) is 7.99. The van der Waals surface area contributed by atoms with Crippen molar-refractivity contribution < 1.29 is 4.39 Å². The number of unbranched alkanes of at least 4 members (excludes halogenated alkanes) is 1. The number of hydrogen-bond donors (Lipinski definition) is 0. The van der Waals surface area contributed by atoms with Crippen molar-refractivity contribution in [3.05, 3.63) is 12.2 Å². The monoisotopic (exact) mass is 256 g/mol. The summed E-state index contributed by atoms with van der Waals surface area (Å²) in [6, 6.07) is 0. The summed E-state index contributed by atoms with van der Waals surface area (Å²) in [6.45, 7) is 12.6. The van der Waals surface area contributed by atoms with E-state index in [0.717, 1.165) is 25.2 Å². The fourth-order valence-corrected chi connectivity index (χ4v) is 2.79. The average Bonchev–Trinajstić information content (AvgIpc) is 2.35.